The van der Waals surface area contributed by atoms with Crippen molar-refractivity contribution in [3.63, 3.8) is 0 Å². The van der Waals surface area contributed by atoms with Crippen molar-refractivity contribution in [3.05, 3.63) is 84.9 Å². The van der Waals surface area contributed by atoms with Crippen molar-refractivity contribution in [1.82, 2.24) is 20.0 Å². The van der Waals surface area contributed by atoms with Crippen LogP contribution in [0, 0.1) is 5.92 Å². The fourth-order valence-electron chi connectivity index (χ4n) is 5.33. The predicted octanol–water partition coefficient (Wildman–Crippen LogP) is 6.06. The molecule has 5 N–H and O–H groups in total. The number of nitrogens with two attached hydrogens (primary N) is 2. The number of carbonyl (C=O) groups excluding carboxylic acids is 2. The molecule has 1 aliphatic rings. The largest absolute Gasteiger partial charge is 0.360 e. The SMILES string of the molecule is CC(C)C[C@@H]1CN(C(=O)[C@H](N)Cc2ccc(Cl)cc2Cl)/C(=C\CCNc2nncs2)CN1C(=O)[C@@H](N)Cc1ccc(Cl)c(Cl)c1. The summed E-state index contributed by atoms with van der Waals surface area (Å²) >= 11 is 26.1. The van der Waals surface area contributed by atoms with E-state index in [0.717, 1.165) is 11.1 Å². The average Bonchev–Trinajstić information content (AvgIpc) is 3.51. The summed E-state index contributed by atoms with van der Waals surface area (Å²) in [6, 6.07) is 8.44. The molecule has 0 spiro atoms. The molecule has 45 heavy (non-hydrogen) atoms. The van der Waals surface area contributed by atoms with Gasteiger partial charge in [-0.05, 0) is 67.0 Å². The third kappa shape index (κ3) is 9.78. The summed E-state index contributed by atoms with van der Waals surface area (Å²) in [6.07, 6.45) is 3.75. The third-order valence-corrected chi connectivity index (χ3v) is 9.47. The first-order valence-electron chi connectivity index (χ1n) is 14.6. The second kappa shape index (κ2) is 16.4. The smallest absolute Gasteiger partial charge is 0.244 e. The van der Waals surface area contributed by atoms with Gasteiger partial charge in [-0.2, -0.15) is 0 Å². The topological polar surface area (TPSA) is 130 Å². The monoisotopic (exact) mass is 711 g/mol. The van der Waals surface area contributed by atoms with Crippen LogP contribution in [0.15, 0.2) is 53.7 Å². The minimum absolute atomic E-state index is 0.200. The summed E-state index contributed by atoms with van der Waals surface area (Å²) in [5.74, 6) is -0.184. The van der Waals surface area contributed by atoms with E-state index in [0.29, 0.717) is 63.3 Å². The van der Waals surface area contributed by atoms with Gasteiger partial charge in [0, 0.05) is 28.8 Å². The predicted molar refractivity (Wildman–Crippen MR) is 184 cm³/mol. The standard InChI is InChI=1S/C31H37Cl4N7O2S/c1-18(2)10-23-16-41(30(44)28(37)13-20-6-7-21(32)14-25(20)34)22(4-3-9-38-31-40-39-17-45-31)15-42(23)29(43)27(36)12-19-5-8-24(33)26(35)11-19/h4-8,11,14,17-18,23,27-28H,3,9-10,12-13,15-16,36-37H2,1-2H3,(H,38,40)/b22-4-/t23-,27+,28-/m1/s1. The van der Waals surface area contributed by atoms with E-state index < -0.39 is 12.1 Å². The van der Waals surface area contributed by atoms with Crippen LogP contribution in [0.3, 0.4) is 0 Å². The molecule has 9 nitrogen and oxygen atoms in total. The number of amides is 2. The molecule has 0 unspecified atom stereocenters. The molecule has 1 aromatic heterocycles. The molecule has 0 bridgehead atoms. The molecule has 14 heteroatoms. The lowest BCUT2D eigenvalue weighted by Crippen LogP contribution is -2.60. The van der Waals surface area contributed by atoms with E-state index in [1.54, 1.807) is 45.6 Å². The van der Waals surface area contributed by atoms with Crippen molar-refractivity contribution in [2.75, 3.05) is 25.0 Å². The maximum atomic E-state index is 14.0. The number of piperazine rings is 1. The second-order valence-electron chi connectivity index (χ2n) is 11.5. The molecule has 1 saturated heterocycles. The lowest BCUT2D eigenvalue weighted by atomic mass is 9.96. The Morgan fingerprint density at radius 2 is 1.78 bits per heavy atom. The van der Waals surface area contributed by atoms with Gasteiger partial charge in [0.15, 0.2) is 0 Å². The van der Waals surface area contributed by atoms with Gasteiger partial charge in [0.1, 0.15) is 5.51 Å². The first-order valence-corrected chi connectivity index (χ1v) is 17.0. The van der Waals surface area contributed by atoms with Gasteiger partial charge in [0.25, 0.3) is 0 Å². The summed E-state index contributed by atoms with van der Waals surface area (Å²) in [7, 11) is 0. The highest BCUT2D eigenvalue weighted by atomic mass is 35.5. The molecule has 4 rings (SSSR count). The molecule has 0 aliphatic carbocycles. The normalized spacial score (nSPS) is 17.5. The average molecular weight is 714 g/mol. The van der Waals surface area contributed by atoms with Gasteiger partial charge in [0.2, 0.25) is 16.9 Å². The zero-order valence-electron chi connectivity index (χ0n) is 25.1. The summed E-state index contributed by atoms with van der Waals surface area (Å²) in [4.78, 5) is 31.4. The quantitative estimate of drug-likeness (QED) is 0.195. The van der Waals surface area contributed by atoms with Crippen LogP contribution in [0.4, 0.5) is 5.13 Å². The molecule has 3 aromatic rings. The van der Waals surface area contributed by atoms with E-state index in [-0.39, 0.29) is 36.7 Å². The molecule has 3 atom stereocenters. The Hall–Kier alpha value is -2.44. The fourth-order valence-corrected chi connectivity index (χ4v) is 6.61. The molecule has 2 amide bonds. The highest BCUT2D eigenvalue weighted by molar-refractivity contribution is 7.13. The molecule has 1 fully saturated rings. The third-order valence-electron chi connectivity index (χ3n) is 7.50. The molecule has 1 aliphatic heterocycles. The highest BCUT2D eigenvalue weighted by Crippen LogP contribution is 2.28. The Kier molecular flexibility index (Phi) is 12.9. The van der Waals surface area contributed by atoms with Crippen LogP contribution in [0.1, 0.15) is 37.8 Å². The lowest BCUT2D eigenvalue weighted by molar-refractivity contribution is -0.142. The zero-order chi connectivity index (χ0) is 32.7. The summed E-state index contributed by atoms with van der Waals surface area (Å²) in [5.41, 5.74) is 16.9. The van der Waals surface area contributed by atoms with Gasteiger partial charge >= 0.3 is 0 Å². The number of hydrogen-bond acceptors (Lipinski definition) is 8. The molecular formula is C31H37Cl4N7O2S. The molecular weight excluding hydrogens is 676 g/mol. The van der Waals surface area contributed by atoms with E-state index in [4.69, 9.17) is 57.9 Å². The van der Waals surface area contributed by atoms with Crippen molar-refractivity contribution in [3.8, 4) is 0 Å². The van der Waals surface area contributed by atoms with Crippen LogP contribution < -0.4 is 16.8 Å². The van der Waals surface area contributed by atoms with E-state index in [1.807, 2.05) is 12.1 Å². The molecule has 2 heterocycles. The number of anilines is 1. The number of aromatic nitrogens is 2. The fraction of sp³-hybridized carbons (Fsp3) is 0.419. The van der Waals surface area contributed by atoms with Crippen LogP contribution in [-0.4, -0.2) is 69.6 Å². The summed E-state index contributed by atoms with van der Waals surface area (Å²) in [5, 5.41) is 13.6. The van der Waals surface area contributed by atoms with Crippen LogP contribution in [0.25, 0.3) is 0 Å². The number of nitrogens with zero attached hydrogens (tertiary/aromatic N) is 4. The number of carbonyl (C=O) groups is 2. The summed E-state index contributed by atoms with van der Waals surface area (Å²) in [6.45, 7) is 5.24. The maximum absolute atomic E-state index is 14.0. The Morgan fingerprint density at radius 1 is 1.02 bits per heavy atom. The van der Waals surface area contributed by atoms with Crippen LogP contribution in [0.2, 0.25) is 20.1 Å². The van der Waals surface area contributed by atoms with Crippen LogP contribution in [0.5, 0.6) is 0 Å². The van der Waals surface area contributed by atoms with Gasteiger partial charge in [-0.3, -0.25) is 9.59 Å². The first kappa shape index (κ1) is 35.4. The Bertz CT molecular complexity index is 1510. The Labute approximate surface area is 287 Å². The number of nitrogens with one attached hydrogen (secondary N) is 1. The van der Waals surface area contributed by atoms with E-state index in [1.165, 1.54) is 11.3 Å². The molecule has 0 saturated carbocycles. The number of rotatable bonds is 12. The van der Waals surface area contributed by atoms with Crippen molar-refractivity contribution >= 4 is 74.7 Å². The van der Waals surface area contributed by atoms with Crippen molar-refractivity contribution in [1.29, 1.82) is 0 Å². The number of hydrogen-bond donors (Lipinski definition) is 3. The van der Waals surface area contributed by atoms with Gasteiger partial charge in [-0.15, -0.1) is 10.2 Å². The van der Waals surface area contributed by atoms with Gasteiger partial charge in [-0.1, -0.05) is 89.8 Å². The Balaban J connectivity index is 1.57. The van der Waals surface area contributed by atoms with Crippen molar-refractivity contribution < 1.29 is 9.59 Å². The minimum Gasteiger partial charge on any atom is -0.360 e. The van der Waals surface area contributed by atoms with Crippen molar-refractivity contribution in [2.45, 2.75) is 57.7 Å². The van der Waals surface area contributed by atoms with E-state index >= 15 is 0 Å². The lowest BCUT2D eigenvalue weighted by Gasteiger charge is -2.45. The highest BCUT2D eigenvalue weighted by Gasteiger charge is 2.38. The zero-order valence-corrected chi connectivity index (χ0v) is 28.9. The number of benzene rings is 2. The summed E-state index contributed by atoms with van der Waals surface area (Å²) < 4.78 is 0. The molecule has 0 radical (unpaired) electrons. The first-order chi connectivity index (χ1) is 21.4. The van der Waals surface area contributed by atoms with Gasteiger partial charge < -0.3 is 26.6 Å². The van der Waals surface area contributed by atoms with Crippen LogP contribution in [-0.2, 0) is 22.4 Å². The maximum Gasteiger partial charge on any atom is 0.244 e. The number of halogens is 4. The van der Waals surface area contributed by atoms with Gasteiger partial charge in [-0.25, -0.2) is 0 Å². The van der Waals surface area contributed by atoms with Crippen molar-refractivity contribution in [2.24, 2.45) is 17.4 Å². The van der Waals surface area contributed by atoms with Gasteiger partial charge in [0.05, 0.1) is 34.7 Å². The molecule has 2 aromatic carbocycles. The minimum atomic E-state index is -0.856. The van der Waals surface area contributed by atoms with E-state index in [2.05, 4.69) is 29.4 Å². The van der Waals surface area contributed by atoms with Crippen LogP contribution >= 0.6 is 57.7 Å². The second-order valence-corrected chi connectivity index (χ2v) is 13.9. The molecule has 242 valence electrons. The van der Waals surface area contributed by atoms with E-state index in [9.17, 15) is 9.59 Å². The Morgan fingerprint density at radius 3 is 2.44 bits per heavy atom.